The van der Waals surface area contributed by atoms with Gasteiger partial charge in [-0.25, -0.2) is 15.0 Å². The molecule has 0 aliphatic carbocycles. The minimum absolute atomic E-state index is 0. The third-order valence-electron chi connectivity index (χ3n) is 5.44. The number of aromatic hydroxyl groups is 1. The topological polar surface area (TPSA) is 111 Å². The molecule has 0 spiro atoms. The van der Waals surface area contributed by atoms with Crippen molar-refractivity contribution in [1.82, 2.24) is 15.0 Å². The van der Waals surface area contributed by atoms with Crippen LogP contribution < -0.4 is 78.7 Å². The summed E-state index contributed by atoms with van der Waals surface area (Å²) in [6.45, 7) is 7.30. The van der Waals surface area contributed by atoms with Gasteiger partial charge in [0, 0.05) is 17.2 Å². The summed E-state index contributed by atoms with van der Waals surface area (Å²) < 4.78 is 5.41. The third kappa shape index (κ3) is 7.17. The number of benzene rings is 3. The first kappa shape index (κ1) is 28.8. The van der Waals surface area contributed by atoms with Crippen LogP contribution in [0.5, 0.6) is 11.5 Å². The van der Waals surface area contributed by atoms with Crippen LogP contribution in [-0.2, 0) is 0 Å². The van der Waals surface area contributed by atoms with Crippen molar-refractivity contribution >= 4 is 0 Å². The number of aromatic nitrogens is 3. The molecule has 36 heavy (non-hydrogen) atoms. The van der Waals surface area contributed by atoms with E-state index in [1.165, 1.54) is 6.07 Å². The average molecular weight is 603 g/mol. The van der Waals surface area contributed by atoms with E-state index in [1.54, 1.807) is 12.1 Å². The van der Waals surface area contributed by atoms with Crippen LogP contribution in [0.2, 0.25) is 0 Å². The van der Waals surface area contributed by atoms with Crippen LogP contribution in [0.1, 0.15) is 22.3 Å². The van der Waals surface area contributed by atoms with E-state index in [2.05, 4.69) is 12.1 Å². The Labute approximate surface area is 270 Å². The van der Waals surface area contributed by atoms with Crippen molar-refractivity contribution in [3.8, 4) is 45.7 Å². The van der Waals surface area contributed by atoms with Crippen LogP contribution in [0, 0.1) is 27.7 Å². The zero-order valence-corrected chi connectivity index (χ0v) is 27.5. The second-order valence-electron chi connectivity index (χ2n) is 8.87. The summed E-state index contributed by atoms with van der Waals surface area (Å²) in [4.78, 5) is 14.2. The molecular weight excluding hydrogens is 575 g/mol. The van der Waals surface area contributed by atoms with E-state index < -0.39 is 12.7 Å². The molecule has 0 aliphatic rings. The summed E-state index contributed by atoms with van der Waals surface area (Å²) >= 11 is 0. The minimum atomic E-state index is -1.11. The Hall–Kier alpha value is -1.76. The Bertz CT molecular complexity index is 1270. The summed E-state index contributed by atoms with van der Waals surface area (Å²) in [7, 11) is 0. The number of nitrogens with zero attached hydrogens (tertiary/aromatic N) is 3. The van der Waals surface area contributed by atoms with Gasteiger partial charge in [-0.2, -0.15) is 0 Å². The number of aliphatic hydroxyl groups excluding tert-OH is 1. The maximum atomic E-state index is 10.8. The molecule has 8 heteroatoms. The van der Waals surface area contributed by atoms with Gasteiger partial charge >= 0.3 is 68.9 Å². The van der Waals surface area contributed by atoms with Gasteiger partial charge < -0.3 is 20.1 Å². The van der Waals surface area contributed by atoms with Crippen LogP contribution in [0.15, 0.2) is 54.6 Å². The van der Waals surface area contributed by atoms with E-state index >= 15 is 0 Å². The first-order chi connectivity index (χ1) is 16.7. The molecule has 1 heterocycles. The molecule has 180 valence electrons. The quantitative estimate of drug-likeness (QED) is 0.323. The van der Waals surface area contributed by atoms with E-state index in [0.717, 1.165) is 33.4 Å². The van der Waals surface area contributed by atoms with Gasteiger partial charge in [0.1, 0.15) is 18.1 Å². The number of rotatable bonds is 7. The van der Waals surface area contributed by atoms with E-state index in [0.29, 0.717) is 28.8 Å². The van der Waals surface area contributed by atoms with Crippen molar-refractivity contribution < 1.29 is 89.0 Å². The average Bonchev–Trinajstić information content (AvgIpc) is 2.81. The summed E-state index contributed by atoms with van der Waals surface area (Å²) in [5.41, 5.74) is 6.53. The van der Waals surface area contributed by atoms with Crippen molar-refractivity contribution in [2.24, 2.45) is 0 Å². The van der Waals surface area contributed by atoms with Gasteiger partial charge in [0.25, 0.3) is 0 Å². The number of hydrogen-bond acceptors (Lipinski definition) is 7. The van der Waals surface area contributed by atoms with Gasteiger partial charge in [-0.3, -0.25) is 0 Å². The monoisotopic (exact) mass is 603 g/mol. The minimum Gasteiger partial charge on any atom is -0.853 e. The molecule has 0 aliphatic heterocycles. The number of phenolic OH excluding ortho intramolecular Hbond substituents is 1. The first-order valence-corrected chi connectivity index (χ1v) is 11.4. The number of phenols is 1. The molecule has 0 bridgehead atoms. The van der Waals surface area contributed by atoms with Crippen LogP contribution in [-0.4, -0.2) is 44.5 Å². The summed E-state index contributed by atoms with van der Waals surface area (Å²) in [6, 6.07) is 17.0. The van der Waals surface area contributed by atoms with Gasteiger partial charge in [0.05, 0.1) is 11.7 Å². The summed E-state index contributed by atoms with van der Waals surface area (Å²) in [5, 5.41) is 30.9. The Balaban J connectivity index is 0.00000361. The summed E-state index contributed by atoms with van der Waals surface area (Å²) in [6.07, 6.45) is -1.11. The van der Waals surface area contributed by atoms with Crippen molar-refractivity contribution in [1.29, 1.82) is 0 Å². The zero-order valence-electron chi connectivity index (χ0n) is 21.2. The van der Waals surface area contributed by atoms with Gasteiger partial charge in [-0.15, -0.1) is 6.61 Å². The second kappa shape index (κ2) is 12.7. The van der Waals surface area contributed by atoms with Crippen LogP contribution in [0.4, 0.5) is 0 Å². The molecule has 2 N–H and O–H groups in total. The molecule has 3 aromatic carbocycles. The predicted octanol–water partition coefficient (Wildman–Crippen LogP) is 0.916. The van der Waals surface area contributed by atoms with E-state index in [4.69, 9.17) is 19.7 Å². The number of ether oxygens (including phenoxy) is 1. The maximum absolute atomic E-state index is 10.8. The van der Waals surface area contributed by atoms with Gasteiger partial charge in [-0.05, 0) is 64.1 Å². The fraction of sp³-hybridized carbons (Fsp3) is 0.250. The molecule has 0 saturated carbocycles. The summed E-state index contributed by atoms with van der Waals surface area (Å²) in [5.74, 6) is 1.59. The van der Waals surface area contributed by atoms with Crippen molar-refractivity contribution in [3.05, 3.63) is 76.9 Å². The smallest absolute Gasteiger partial charge is 0.853 e. The van der Waals surface area contributed by atoms with Crippen molar-refractivity contribution in [3.63, 3.8) is 0 Å². The molecule has 0 amide bonds. The van der Waals surface area contributed by atoms with Crippen molar-refractivity contribution in [2.45, 2.75) is 33.8 Å². The van der Waals surface area contributed by atoms with Crippen LogP contribution >= 0.6 is 0 Å². The SMILES string of the molecule is Cc1cc(C)cc(-c2nc(-c3cc(C)cc(C)c3)nc(-c3ccc(OCC(O)C[O-])cc3O)n2)c1.[Cs+]. The zero-order chi connectivity index (χ0) is 25.1. The molecular formula is C28H28CsN3O4. The van der Waals surface area contributed by atoms with Crippen LogP contribution in [0.25, 0.3) is 34.2 Å². The largest absolute Gasteiger partial charge is 1.00 e. The fourth-order valence-electron chi connectivity index (χ4n) is 3.99. The normalized spacial score (nSPS) is 11.6. The fourth-order valence-corrected chi connectivity index (χ4v) is 3.99. The molecule has 1 aromatic heterocycles. The molecule has 4 aromatic rings. The Morgan fingerprint density at radius 2 is 1.22 bits per heavy atom. The number of aliphatic hydroxyl groups is 1. The Kier molecular flexibility index (Phi) is 10.1. The Morgan fingerprint density at radius 1 is 0.750 bits per heavy atom. The predicted molar refractivity (Wildman–Crippen MR) is 133 cm³/mol. The molecule has 1 atom stereocenters. The second-order valence-corrected chi connectivity index (χ2v) is 8.87. The van der Waals surface area contributed by atoms with Crippen LogP contribution in [0.3, 0.4) is 0 Å². The first-order valence-electron chi connectivity index (χ1n) is 11.4. The molecule has 0 saturated heterocycles. The van der Waals surface area contributed by atoms with Gasteiger partial charge in [0.15, 0.2) is 17.5 Å². The standard InChI is InChI=1S/C28H28N3O4.Cs/c1-16-7-17(2)10-20(9-16)26-29-27(21-11-18(3)8-19(4)12-21)31-28(30-26)24-6-5-23(13-25(24)34)35-15-22(33)14-32;/h5-13,22,33-34H,14-15H2,1-4H3;/q-1;+1. The molecule has 0 radical (unpaired) electrons. The Morgan fingerprint density at radius 3 is 1.67 bits per heavy atom. The van der Waals surface area contributed by atoms with Gasteiger partial charge in [-0.1, -0.05) is 34.4 Å². The maximum Gasteiger partial charge on any atom is 1.00 e. The number of aryl methyl sites for hydroxylation is 4. The van der Waals surface area contributed by atoms with E-state index in [9.17, 15) is 15.3 Å². The van der Waals surface area contributed by atoms with E-state index in [-0.39, 0.29) is 81.3 Å². The molecule has 4 rings (SSSR count). The molecule has 7 nitrogen and oxygen atoms in total. The van der Waals surface area contributed by atoms with E-state index in [1.807, 2.05) is 52.0 Å². The molecule has 1 unspecified atom stereocenters. The van der Waals surface area contributed by atoms with Gasteiger partial charge in [0.2, 0.25) is 0 Å². The molecule has 0 fully saturated rings. The number of hydrogen-bond donors (Lipinski definition) is 2. The third-order valence-corrected chi connectivity index (χ3v) is 5.44. The van der Waals surface area contributed by atoms with Crippen molar-refractivity contribution in [2.75, 3.05) is 13.2 Å².